The van der Waals surface area contributed by atoms with Crippen LogP contribution in [0.5, 0.6) is 23.0 Å². The average Bonchev–Trinajstić information content (AvgIpc) is 2.80. The Balaban J connectivity index is 1.50. The first-order valence-corrected chi connectivity index (χ1v) is 9.59. The summed E-state index contributed by atoms with van der Waals surface area (Å²) in [6.45, 7) is 2.95. The lowest BCUT2D eigenvalue weighted by molar-refractivity contribution is 0.204. The van der Waals surface area contributed by atoms with E-state index in [1.54, 1.807) is 55.8 Å². The number of ether oxygens (including phenoxy) is 3. The second-order valence-electron chi connectivity index (χ2n) is 6.68. The molecule has 0 spiro atoms. The van der Waals surface area contributed by atoms with Crippen LogP contribution in [0.1, 0.15) is 0 Å². The maximum Gasteiger partial charge on any atom is 0.323 e. The zero-order chi connectivity index (χ0) is 20.9. The maximum atomic E-state index is 12.3. The monoisotopic (exact) mass is 409 g/mol. The molecule has 9 heteroatoms. The fraction of sp³-hybridized carbons (Fsp3) is 0.286. The van der Waals surface area contributed by atoms with E-state index < -0.39 is 0 Å². The summed E-state index contributed by atoms with van der Waals surface area (Å²) in [6.07, 6.45) is 3.24. The number of benzene rings is 1. The first kappa shape index (κ1) is 19.7. The Labute approximate surface area is 174 Å². The number of nitrogens with zero attached hydrogens (tertiary/aromatic N) is 3. The molecule has 1 aliphatic heterocycles. The molecule has 2 amide bonds. The molecule has 2 N–H and O–H groups in total. The van der Waals surface area contributed by atoms with Crippen LogP contribution in [0.3, 0.4) is 0 Å². The summed E-state index contributed by atoms with van der Waals surface area (Å²) in [5.41, 5.74) is 0.720. The van der Waals surface area contributed by atoms with Crippen molar-refractivity contribution in [2.45, 2.75) is 0 Å². The third kappa shape index (κ3) is 4.20. The molecule has 2 aromatic heterocycles. The molecule has 3 aromatic rings. The van der Waals surface area contributed by atoms with Crippen LogP contribution in [0.4, 0.5) is 10.6 Å². The van der Waals surface area contributed by atoms with Crippen molar-refractivity contribution in [3.8, 4) is 23.0 Å². The molecule has 156 valence electrons. The van der Waals surface area contributed by atoms with Crippen molar-refractivity contribution in [2.24, 2.45) is 0 Å². The van der Waals surface area contributed by atoms with Gasteiger partial charge in [0, 0.05) is 43.8 Å². The Morgan fingerprint density at radius 1 is 1.03 bits per heavy atom. The van der Waals surface area contributed by atoms with Crippen molar-refractivity contribution in [1.82, 2.24) is 20.2 Å². The van der Waals surface area contributed by atoms with Gasteiger partial charge in [-0.3, -0.25) is 10.3 Å². The number of hydrogen-bond donors (Lipinski definition) is 2. The predicted octanol–water partition coefficient (Wildman–Crippen LogP) is 2.88. The summed E-state index contributed by atoms with van der Waals surface area (Å²) < 4.78 is 16.7. The number of piperazine rings is 1. The molecular weight excluding hydrogens is 386 g/mol. The van der Waals surface area contributed by atoms with Gasteiger partial charge in [-0.25, -0.2) is 9.78 Å². The van der Waals surface area contributed by atoms with Crippen LogP contribution >= 0.6 is 0 Å². The van der Waals surface area contributed by atoms with Gasteiger partial charge in [0.25, 0.3) is 0 Å². The number of amides is 2. The average molecular weight is 409 g/mol. The van der Waals surface area contributed by atoms with Crippen LogP contribution in [0, 0.1) is 0 Å². The molecule has 1 aromatic carbocycles. The topological polar surface area (TPSA) is 97.8 Å². The SMILES string of the molecule is COc1cc2nccc(Oc3ccc(NC(=O)N4CCNCC4)nc3)c2cc1OC. The minimum Gasteiger partial charge on any atom is -0.493 e. The summed E-state index contributed by atoms with van der Waals surface area (Å²) in [5, 5.41) is 6.81. The highest BCUT2D eigenvalue weighted by Crippen LogP contribution is 2.36. The smallest absolute Gasteiger partial charge is 0.323 e. The van der Waals surface area contributed by atoms with E-state index >= 15 is 0 Å². The standard InChI is InChI=1S/C21H23N5O4/c1-28-18-11-15-16(12-19(18)29-2)23-6-5-17(15)30-14-3-4-20(24-13-14)25-21(27)26-9-7-22-8-10-26/h3-6,11-13,22H,7-10H2,1-2H3,(H,24,25,27). The van der Waals surface area contributed by atoms with Gasteiger partial charge in [-0.2, -0.15) is 0 Å². The Morgan fingerprint density at radius 2 is 1.80 bits per heavy atom. The highest BCUT2D eigenvalue weighted by molar-refractivity contribution is 5.89. The van der Waals surface area contributed by atoms with E-state index in [9.17, 15) is 4.79 Å². The van der Waals surface area contributed by atoms with Crippen molar-refractivity contribution in [2.75, 3.05) is 45.7 Å². The molecule has 0 saturated carbocycles. The second-order valence-corrected chi connectivity index (χ2v) is 6.68. The Morgan fingerprint density at radius 3 is 2.50 bits per heavy atom. The van der Waals surface area contributed by atoms with Gasteiger partial charge in [-0.1, -0.05) is 0 Å². The summed E-state index contributed by atoms with van der Waals surface area (Å²) in [5.74, 6) is 2.81. The quantitative estimate of drug-likeness (QED) is 0.669. The van der Waals surface area contributed by atoms with Gasteiger partial charge in [-0.05, 0) is 24.3 Å². The highest BCUT2D eigenvalue weighted by Gasteiger charge is 2.16. The summed E-state index contributed by atoms with van der Waals surface area (Å²) in [7, 11) is 3.16. The van der Waals surface area contributed by atoms with Crippen LogP contribution in [-0.4, -0.2) is 61.3 Å². The fourth-order valence-corrected chi connectivity index (χ4v) is 3.23. The van der Waals surface area contributed by atoms with E-state index in [2.05, 4.69) is 20.6 Å². The number of nitrogens with one attached hydrogen (secondary N) is 2. The van der Waals surface area contributed by atoms with Crippen molar-refractivity contribution >= 4 is 22.8 Å². The van der Waals surface area contributed by atoms with E-state index in [-0.39, 0.29) is 6.03 Å². The number of urea groups is 1. The molecule has 1 aliphatic rings. The number of carbonyl (C=O) groups excluding carboxylic acids is 1. The van der Waals surface area contributed by atoms with Crippen LogP contribution < -0.4 is 24.8 Å². The third-order valence-electron chi connectivity index (χ3n) is 4.81. The predicted molar refractivity (Wildman–Crippen MR) is 113 cm³/mol. The number of carbonyl (C=O) groups is 1. The van der Waals surface area contributed by atoms with Gasteiger partial charge >= 0.3 is 6.03 Å². The summed E-state index contributed by atoms with van der Waals surface area (Å²) in [4.78, 5) is 22.7. The van der Waals surface area contributed by atoms with E-state index in [1.165, 1.54) is 0 Å². The Kier molecular flexibility index (Phi) is 5.80. The minimum absolute atomic E-state index is 0.154. The van der Waals surface area contributed by atoms with Gasteiger partial charge in [0.1, 0.15) is 17.3 Å². The van der Waals surface area contributed by atoms with Gasteiger partial charge in [-0.15, -0.1) is 0 Å². The van der Waals surface area contributed by atoms with Crippen molar-refractivity contribution in [1.29, 1.82) is 0 Å². The van der Waals surface area contributed by atoms with Gasteiger partial charge in [0.2, 0.25) is 0 Å². The summed E-state index contributed by atoms with van der Waals surface area (Å²) in [6, 6.07) is 8.71. The molecule has 0 aliphatic carbocycles. The number of pyridine rings is 2. The third-order valence-corrected chi connectivity index (χ3v) is 4.81. The molecule has 0 atom stereocenters. The van der Waals surface area contributed by atoms with E-state index in [4.69, 9.17) is 14.2 Å². The lowest BCUT2D eigenvalue weighted by Crippen LogP contribution is -2.48. The molecular formula is C21H23N5O4. The van der Waals surface area contributed by atoms with E-state index in [1.807, 2.05) is 6.07 Å². The van der Waals surface area contributed by atoms with Crippen LogP contribution in [0.2, 0.25) is 0 Å². The Hall–Kier alpha value is -3.59. The number of fused-ring (bicyclic) bond motifs is 1. The summed E-state index contributed by atoms with van der Waals surface area (Å²) >= 11 is 0. The van der Waals surface area contributed by atoms with Gasteiger partial charge < -0.3 is 24.4 Å². The molecule has 1 fully saturated rings. The molecule has 0 radical (unpaired) electrons. The number of methoxy groups -OCH3 is 2. The van der Waals surface area contributed by atoms with Crippen molar-refractivity contribution < 1.29 is 19.0 Å². The molecule has 30 heavy (non-hydrogen) atoms. The van der Waals surface area contributed by atoms with Crippen LogP contribution in [0.25, 0.3) is 10.9 Å². The zero-order valence-corrected chi connectivity index (χ0v) is 16.8. The fourth-order valence-electron chi connectivity index (χ4n) is 3.23. The normalized spacial score (nSPS) is 13.7. The largest absolute Gasteiger partial charge is 0.493 e. The van der Waals surface area contributed by atoms with Gasteiger partial charge in [0.15, 0.2) is 11.5 Å². The lowest BCUT2D eigenvalue weighted by atomic mass is 10.2. The molecule has 3 heterocycles. The molecule has 4 rings (SSSR count). The number of aromatic nitrogens is 2. The molecule has 0 bridgehead atoms. The lowest BCUT2D eigenvalue weighted by Gasteiger charge is -2.27. The van der Waals surface area contributed by atoms with Crippen LogP contribution in [0.15, 0.2) is 42.7 Å². The number of hydrogen-bond acceptors (Lipinski definition) is 7. The van der Waals surface area contributed by atoms with Crippen molar-refractivity contribution in [3.63, 3.8) is 0 Å². The number of rotatable bonds is 5. The molecule has 9 nitrogen and oxygen atoms in total. The first-order valence-electron chi connectivity index (χ1n) is 9.59. The van der Waals surface area contributed by atoms with Crippen LogP contribution in [-0.2, 0) is 0 Å². The Bertz CT molecular complexity index is 1040. The maximum absolute atomic E-state index is 12.3. The van der Waals surface area contributed by atoms with E-state index in [0.717, 1.165) is 24.0 Å². The molecule has 1 saturated heterocycles. The number of anilines is 1. The first-order chi connectivity index (χ1) is 14.7. The zero-order valence-electron chi connectivity index (χ0n) is 16.8. The van der Waals surface area contributed by atoms with Crippen molar-refractivity contribution in [3.05, 3.63) is 42.7 Å². The highest BCUT2D eigenvalue weighted by atomic mass is 16.5. The van der Waals surface area contributed by atoms with Gasteiger partial charge in [0.05, 0.1) is 25.9 Å². The van der Waals surface area contributed by atoms with E-state index in [0.29, 0.717) is 41.9 Å². The second kappa shape index (κ2) is 8.83. The minimum atomic E-state index is -0.154. The molecule has 0 unspecified atom stereocenters.